The minimum absolute atomic E-state index is 0.131. The van der Waals surface area contributed by atoms with E-state index in [1.54, 1.807) is 18.2 Å². The van der Waals surface area contributed by atoms with E-state index < -0.39 is 22.7 Å². The number of Topliss-reactive ketones (excluding diaryl/α,β-unsaturated/α-hetero) is 1. The summed E-state index contributed by atoms with van der Waals surface area (Å²) in [6.07, 6.45) is 4.26. The Labute approximate surface area is 227 Å². The molecule has 1 aliphatic carbocycles. The Hall–Kier alpha value is -3.21. The first-order valence-corrected chi connectivity index (χ1v) is 13.1. The highest BCUT2D eigenvalue weighted by Crippen LogP contribution is 2.57. The number of amides is 1. The van der Waals surface area contributed by atoms with Gasteiger partial charge in [0.05, 0.1) is 15.8 Å². The third-order valence-electron chi connectivity index (χ3n) is 7.26. The number of para-hydroxylation sites is 1. The van der Waals surface area contributed by atoms with Gasteiger partial charge in [-0.3, -0.25) is 9.59 Å². The summed E-state index contributed by atoms with van der Waals surface area (Å²) in [6.45, 7) is 5.96. The highest BCUT2D eigenvalue weighted by Gasteiger charge is 2.68. The van der Waals surface area contributed by atoms with Crippen LogP contribution in [-0.2, 0) is 9.59 Å². The molecule has 188 valence electrons. The van der Waals surface area contributed by atoms with Gasteiger partial charge in [-0.1, -0.05) is 123 Å². The Morgan fingerprint density at radius 2 is 1.49 bits per heavy atom. The fourth-order valence-corrected chi connectivity index (χ4v) is 6.24. The topological polar surface area (TPSA) is 49.7 Å². The standard InChI is InChI=1S/C31H28Cl2N2O2/c1-30(2,3)28-31(29(37)35(34-28)27-24(32)15-10-16-25(27)33)23(18-17-20-11-6-4-7-12-20)22(19-26(31)36)21-13-8-5-9-14-21/h4-18,22-23H,19H2,1-3H3/b18-17+. The van der Waals surface area contributed by atoms with Gasteiger partial charge >= 0.3 is 0 Å². The molecule has 0 N–H and O–H groups in total. The molecule has 1 spiro atoms. The molecule has 3 aromatic carbocycles. The Morgan fingerprint density at radius 1 is 0.892 bits per heavy atom. The summed E-state index contributed by atoms with van der Waals surface area (Å²) in [5.41, 5.74) is 0.814. The van der Waals surface area contributed by atoms with Gasteiger partial charge in [0, 0.05) is 17.8 Å². The number of hydrogen-bond donors (Lipinski definition) is 0. The van der Waals surface area contributed by atoms with Gasteiger partial charge in [-0.15, -0.1) is 0 Å². The molecule has 1 amide bonds. The van der Waals surface area contributed by atoms with Crippen LogP contribution in [0.5, 0.6) is 0 Å². The van der Waals surface area contributed by atoms with Crippen molar-refractivity contribution in [2.75, 3.05) is 5.01 Å². The van der Waals surface area contributed by atoms with E-state index in [2.05, 4.69) is 0 Å². The first kappa shape index (κ1) is 25.4. The smallest absolute Gasteiger partial charge is 0.267 e. The van der Waals surface area contributed by atoms with Crippen LogP contribution in [0.2, 0.25) is 10.0 Å². The summed E-state index contributed by atoms with van der Waals surface area (Å²) in [5, 5.41) is 6.70. The quantitative estimate of drug-likeness (QED) is 0.323. The fraction of sp³-hybridized carbons (Fsp3) is 0.258. The lowest BCUT2D eigenvalue weighted by molar-refractivity contribution is -0.134. The van der Waals surface area contributed by atoms with Gasteiger partial charge in [-0.25, -0.2) is 0 Å². The van der Waals surface area contributed by atoms with Crippen LogP contribution in [0.15, 0.2) is 90.0 Å². The van der Waals surface area contributed by atoms with Gasteiger partial charge in [0.1, 0.15) is 5.69 Å². The maximum Gasteiger partial charge on any atom is 0.267 e. The molecule has 0 bridgehead atoms. The van der Waals surface area contributed by atoms with Crippen molar-refractivity contribution in [1.29, 1.82) is 0 Å². The van der Waals surface area contributed by atoms with E-state index in [0.29, 0.717) is 21.4 Å². The van der Waals surface area contributed by atoms with Crippen LogP contribution in [0, 0.1) is 16.7 Å². The molecule has 3 aromatic rings. The molecule has 1 saturated carbocycles. The summed E-state index contributed by atoms with van der Waals surface area (Å²) >= 11 is 13.0. The third kappa shape index (κ3) is 4.22. The molecule has 3 unspecified atom stereocenters. The van der Waals surface area contributed by atoms with Gasteiger partial charge in [0.15, 0.2) is 11.2 Å². The minimum Gasteiger partial charge on any atom is -0.298 e. The molecule has 6 heteroatoms. The SMILES string of the molecule is CC(C)(C)C1=NN(c2c(Cl)cccc2Cl)C(=O)C12C(=O)CC(c1ccccc1)C2/C=C/c1ccccc1. The molecule has 2 aliphatic rings. The lowest BCUT2D eigenvalue weighted by Gasteiger charge is -2.35. The van der Waals surface area contributed by atoms with E-state index in [9.17, 15) is 9.59 Å². The first-order chi connectivity index (χ1) is 17.7. The molecule has 5 rings (SSSR count). The largest absolute Gasteiger partial charge is 0.298 e. The van der Waals surface area contributed by atoms with E-state index in [1.807, 2.05) is 93.6 Å². The number of nitrogens with zero attached hydrogens (tertiary/aromatic N) is 2. The molecule has 3 atom stereocenters. The summed E-state index contributed by atoms with van der Waals surface area (Å²) in [6, 6.07) is 24.9. The zero-order valence-corrected chi connectivity index (χ0v) is 22.5. The number of rotatable bonds is 4. The molecular weight excluding hydrogens is 503 g/mol. The number of anilines is 1. The third-order valence-corrected chi connectivity index (χ3v) is 7.87. The van der Waals surface area contributed by atoms with Crippen LogP contribution in [0.1, 0.15) is 44.2 Å². The maximum absolute atomic E-state index is 14.5. The highest BCUT2D eigenvalue weighted by atomic mass is 35.5. The summed E-state index contributed by atoms with van der Waals surface area (Å²) in [5.74, 6) is -1.17. The van der Waals surface area contributed by atoms with Crippen LogP contribution < -0.4 is 5.01 Å². The lowest BCUT2D eigenvalue weighted by atomic mass is 9.63. The average Bonchev–Trinajstić information content (AvgIpc) is 3.34. The van der Waals surface area contributed by atoms with Gasteiger partial charge < -0.3 is 0 Å². The Balaban J connectivity index is 1.73. The van der Waals surface area contributed by atoms with Crippen LogP contribution in [0.4, 0.5) is 5.69 Å². The van der Waals surface area contributed by atoms with Crippen LogP contribution in [-0.4, -0.2) is 17.4 Å². The number of carbonyl (C=O) groups is 2. The summed E-state index contributed by atoms with van der Waals surface area (Å²) in [7, 11) is 0. The number of halogens is 2. The van der Waals surface area contributed by atoms with Crippen LogP contribution in [0.3, 0.4) is 0 Å². The van der Waals surface area contributed by atoms with E-state index in [-0.39, 0.29) is 18.1 Å². The van der Waals surface area contributed by atoms with E-state index in [4.69, 9.17) is 28.3 Å². The summed E-state index contributed by atoms with van der Waals surface area (Å²) < 4.78 is 0. The van der Waals surface area contributed by atoms with Gasteiger partial charge in [-0.05, 0) is 29.2 Å². The molecule has 0 radical (unpaired) electrons. The predicted octanol–water partition coefficient (Wildman–Crippen LogP) is 7.81. The van der Waals surface area contributed by atoms with Crippen molar-refractivity contribution < 1.29 is 9.59 Å². The maximum atomic E-state index is 14.5. The van der Waals surface area contributed by atoms with Crippen molar-refractivity contribution in [2.45, 2.75) is 33.1 Å². The molecule has 0 saturated heterocycles. The van der Waals surface area contributed by atoms with E-state index >= 15 is 0 Å². The van der Waals surface area contributed by atoms with Gasteiger partial charge in [0.25, 0.3) is 5.91 Å². The normalized spacial score (nSPS) is 23.9. The molecule has 37 heavy (non-hydrogen) atoms. The number of hydrogen-bond acceptors (Lipinski definition) is 3. The van der Waals surface area contributed by atoms with Gasteiger partial charge in [0.2, 0.25) is 0 Å². The van der Waals surface area contributed by atoms with Gasteiger partial charge in [-0.2, -0.15) is 10.1 Å². The number of carbonyl (C=O) groups excluding carboxylic acids is 2. The second-order valence-corrected chi connectivity index (χ2v) is 11.4. The molecular formula is C31H28Cl2N2O2. The second-order valence-electron chi connectivity index (χ2n) is 10.6. The summed E-state index contributed by atoms with van der Waals surface area (Å²) in [4.78, 5) is 28.7. The number of hydrazone groups is 1. The fourth-order valence-electron chi connectivity index (χ4n) is 5.69. The zero-order valence-electron chi connectivity index (χ0n) is 21.0. The minimum atomic E-state index is -1.47. The lowest BCUT2D eigenvalue weighted by Crippen LogP contribution is -2.51. The highest BCUT2D eigenvalue weighted by molar-refractivity contribution is 6.42. The van der Waals surface area contributed by atoms with Crippen molar-refractivity contribution >= 4 is 52.4 Å². The predicted molar refractivity (Wildman–Crippen MR) is 151 cm³/mol. The van der Waals surface area contributed by atoms with Crippen molar-refractivity contribution in [3.05, 3.63) is 106 Å². The molecule has 0 aromatic heterocycles. The number of benzene rings is 3. The Bertz CT molecular complexity index is 1390. The number of allylic oxidation sites excluding steroid dienone is 1. The number of ketones is 1. The first-order valence-electron chi connectivity index (χ1n) is 12.4. The molecule has 1 aliphatic heterocycles. The van der Waals surface area contributed by atoms with Crippen molar-refractivity contribution in [3.63, 3.8) is 0 Å². The van der Waals surface area contributed by atoms with E-state index in [1.165, 1.54) is 5.01 Å². The Morgan fingerprint density at radius 3 is 2.08 bits per heavy atom. The van der Waals surface area contributed by atoms with Crippen LogP contribution in [0.25, 0.3) is 6.08 Å². The van der Waals surface area contributed by atoms with E-state index in [0.717, 1.165) is 11.1 Å². The molecule has 1 heterocycles. The molecule has 4 nitrogen and oxygen atoms in total. The van der Waals surface area contributed by atoms with Crippen molar-refractivity contribution in [3.8, 4) is 0 Å². The Kier molecular flexibility index (Phi) is 6.59. The van der Waals surface area contributed by atoms with Crippen molar-refractivity contribution in [2.24, 2.45) is 21.8 Å². The second kappa shape index (κ2) is 9.59. The zero-order chi connectivity index (χ0) is 26.4. The molecule has 1 fully saturated rings. The van der Waals surface area contributed by atoms with Crippen molar-refractivity contribution in [1.82, 2.24) is 0 Å². The monoisotopic (exact) mass is 530 g/mol. The average molecular weight is 531 g/mol. The van der Waals surface area contributed by atoms with Crippen LogP contribution >= 0.6 is 23.2 Å².